The van der Waals surface area contributed by atoms with Gasteiger partial charge in [0, 0.05) is 48.7 Å². The van der Waals surface area contributed by atoms with Gasteiger partial charge in [0.2, 0.25) is 5.88 Å². The van der Waals surface area contributed by atoms with Crippen molar-refractivity contribution in [3.63, 3.8) is 0 Å². The Kier molecular flexibility index (Phi) is 5.09. The van der Waals surface area contributed by atoms with Gasteiger partial charge in [0.05, 0.1) is 18.0 Å². The molecule has 8 nitrogen and oxygen atoms in total. The minimum absolute atomic E-state index is 0.0993. The third-order valence-corrected chi connectivity index (χ3v) is 4.95. The lowest BCUT2D eigenvalue weighted by atomic mass is 9.79. The second-order valence-electron chi connectivity index (χ2n) is 6.66. The number of aliphatic imine (C=N–C) groups is 1. The molecule has 3 aromatic rings. The molecule has 0 amide bonds. The number of rotatable bonds is 4. The summed E-state index contributed by atoms with van der Waals surface area (Å²) in [5, 5.41) is 9.86. The molecule has 4 rings (SSSR count). The standard InChI is InChI=1S/C22H19N7O/c1-14-19(21(25-2)16-10-27-12-28-11-16)20(18(9-23)22(24)30-14)15-3-5-17(6-4-15)29-8-7-26-13-29/h3-8,10-13,20H,24H2,1-2H3. The molecule has 30 heavy (non-hydrogen) atoms. The maximum absolute atomic E-state index is 9.86. The van der Waals surface area contributed by atoms with Gasteiger partial charge in [-0.3, -0.25) is 4.99 Å². The molecule has 0 bridgehead atoms. The summed E-state index contributed by atoms with van der Waals surface area (Å²) in [6.45, 7) is 1.82. The molecule has 0 spiro atoms. The van der Waals surface area contributed by atoms with Crippen LogP contribution in [0.2, 0.25) is 0 Å². The average Bonchev–Trinajstić information content (AvgIpc) is 3.31. The first-order valence-corrected chi connectivity index (χ1v) is 9.23. The predicted octanol–water partition coefficient (Wildman–Crippen LogP) is 2.86. The lowest BCUT2D eigenvalue weighted by molar-refractivity contribution is 0.284. The van der Waals surface area contributed by atoms with Gasteiger partial charge < -0.3 is 15.0 Å². The lowest BCUT2D eigenvalue weighted by Crippen LogP contribution is -2.25. The zero-order valence-electron chi connectivity index (χ0n) is 16.5. The Morgan fingerprint density at radius 3 is 2.53 bits per heavy atom. The van der Waals surface area contributed by atoms with Gasteiger partial charge in [-0.15, -0.1) is 0 Å². The van der Waals surface area contributed by atoms with E-state index in [9.17, 15) is 5.26 Å². The van der Waals surface area contributed by atoms with E-state index in [4.69, 9.17) is 10.5 Å². The Hall–Kier alpha value is -4.25. The van der Waals surface area contributed by atoms with Crippen molar-refractivity contribution in [3.05, 3.63) is 95.6 Å². The fourth-order valence-electron chi connectivity index (χ4n) is 3.60. The predicted molar refractivity (Wildman–Crippen MR) is 111 cm³/mol. The van der Waals surface area contributed by atoms with E-state index >= 15 is 0 Å². The Bertz CT molecular complexity index is 1180. The summed E-state index contributed by atoms with van der Waals surface area (Å²) < 4.78 is 7.63. The maximum Gasteiger partial charge on any atom is 0.205 e. The molecule has 3 heterocycles. The number of nitrogens with two attached hydrogens (primary N) is 1. The number of aromatic nitrogens is 4. The second kappa shape index (κ2) is 8.01. The van der Waals surface area contributed by atoms with Crippen LogP contribution >= 0.6 is 0 Å². The number of allylic oxidation sites excluding steroid dienone is 3. The van der Waals surface area contributed by atoms with E-state index in [1.807, 2.05) is 42.0 Å². The third kappa shape index (κ3) is 3.33. The van der Waals surface area contributed by atoms with Gasteiger partial charge in [0.15, 0.2) is 0 Å². The molecule has 1 atom stereocenters. The molecule has 0 radical (unpaired) electrons. The average molecular weight is 397 g/mol. The molecule has 1 unspecified atom stereocenters. The van der Waals surface area contributed by atoms with Gasteiger partial charge in [-0.1, -0.05) is 12.1 Å². The minimum atomic E-state index is -0.431. The fourth-order valence-corrected chi connectivity index (χ4v) is 3.60. The van der Waals surface area contributed by atoms with E-state index in [2.05, 4.69) is 26.0 Å². The van der Waals surface area contributed by atoms with E-state index < -0.39 is 5.92 Å². The molecule has 8 heteroatoms. The number of nitrogens with zero attached hydrogens (tertiary/aromatic N) is 6. The van der Waals surface area contributed by atoms with Crippen molar-refractivity contribution in [2.75, 3.05) is 7.05 Å². The summed E-state index contributed by atoms with van der Waals surface area (Å²) in [6.07, 6.45) is 10.1. The quantitative estimate of drug-likeness (QED) is 0.677. The van der Waals surface area contributed by atoms with Crippen molar-refractivity contribution in [1.82, 2.24) is 19.5 Å². The summed E-state index contributed by atoms with van der Waals surface area (Å²) in [5.74, 6) is 0.251. The molecular weight excluding hydrogens is 378 g/mol. The summed E-state index contributed by atoms with van der Waals surface area (Å²) >= 11 is 0. The summed E-state index contributed by atoms with van der Waals surface area (Å²) in [7, 11) is 1.69. The highest BCUT2D eigenvalue weighted by molar-refractivity contribution is 6.14. The van der Waals surface area contributed by atoms with Gasteiger partial charge in [-0.2, -0.15) is 5.26 Å². The summed E-state index contributed by atoms with van der Waals surface area (Å²) in [4.78, 5) is 16.8. The van der Waals surface area contributed by atoms with Gasteiger partial charge in [-0.05, 0) is 24.6 Å². The monoisotopic (exact) mass is 397 g/mol. The van der Waals surface area contributed by atoms with Gasteiger partial charge in [0.1, 0.15) is 23.7 Å². The zero-order valence-corrected chi connectivity index (χ0v) is 16.5. The van der Waals surface area contributed by atoms with Crippen LogP contribution in [0.1, 0.15) is 24.0 Å². The van der Waals surface area contributed by atoms with Crippen molar-refractivity contribution in [2.24, 2.45) is 10.7 Å². The van der Waals surface area contributed by atoms with Crippen LogP contribution in [-0.4, -0.2) is 32.3 Å². The van der Waals surface area contributed by atoms with E-state index in [1.54, 1.807) is 32.0 Å². The molecule has 0 aliphatic carbocycles. The molecule has 2 aromatic heterocycles. The number of hydrogen-bond donors (Lipinski definition) is 1. The molecule has 0 saturated carbocycles. The maximum atomic E-state index is 9.86. The summed E-state index contributed by atoms with van der Waals surface area (Å²) in [6, 6.07) is 10.1. The highest BCUT2D eigenvalue weighted by Crippen LogP contribution is 2.40. The van der Waals surface area contributed by atoms with Crippen molar-refractivity contribution in [2.45, 2.75) is 12.8 Å². The Labute approximate surface area is 173 Å². The first kappa shape index (κ1) is 19.1. The minimum Gasteiger partial charge on any atom is -0.445 e. The van der Waals surface area contributed by atoms with Crippen LogP contribution in [-0.2, 0) is 4.74 Å². The summed E-state index contributed by atoms with van der Waals surface area (Å²) in [5.41, 5.74) is 10.4. The van der Waals surface area contributed by atoms with Crippen LogP contribution in [0, 0.1) is 11.3 Å². The van der Waals surface area contributed by atoms with E-state index in [1.165, 1.54) is 6.33 Å². The molecule has 1 aromatic carbocycles. The van der Waals surface area contributed by atoms with E-state index in [0.717, 1.165) is 22.4 Å². The van der Waals surface area contributed by atoms with E-state index in [0.29, 0.717) is 17.0 Å². The molecule has 0 saturated heterocycles. The number of nitriles is 1. The van der Waals surface area contributed by atoms with Gasteiger partial charge in [-0.25, -0.2) is 15.0 Å². The third-order valence-electron chi connectivity index (χ3n) is 4.95. The molecule has 148 valence electrons. The molecule has 2 N–H and O–H groups in total. The van der Waals surface area contributed by atoms with Crippen molar-refractivity contribution < 1.29 is 4.74 Å². The topological polar surface area (TPSA) is 115 Å². The number of benzene rings is 1. The number of ether oxygens (including phenoxy) is 1. The number of hydrogen-bond acceptors (Lipinski definition) is 7. The van der Waals surface area contributed by atoms with Crippen molar-refractivity contribution in [1.29, 1.82) is 5.26 Å². The molecule has 1 aliphatic heterocycles. The van der Waals surface area contributed by atoms with Crippen LogP contribution in [0.5, 0.6) is 0 Å². The molecular formula is C22H19N7O. The second-order valence-corrected chi connectivity index (χ2v) is 6.66. The van der Waals surface area contributed by atoms with Crippen LogP contribution in [0.3, 0.4) is 0 Å². The Morgan fingerprint density at radius 2 is 1.93 bits per heavy atom. The van der Waals surface area contributed by atoms with Crippen LogP contribution < -0.4 is 5.73 Å². The largest absolute Gasteiger partial charge is 0.445 e. The van der Waals surface area contributed by atoms with Crippen LogP contribution in [0.4, 0.5) is 0 Å². The SMILES string of the molecule is CN=C(C1=C(C)OC(N)=C(C#N)C1c1ccc(-n2ccnc2)cc1)c1cncnc1. The number of imidazole rings is 1. The van der Waals surface area contributed by atoms with Crippen molar-refractivity contribution in [3.8, 4) is 11.8 Å². The Balaban J connectivity index is 1.84. The molecule has 1 aliphatic rings. The van der Waals surface area contributed by atoms with Gasteiger partial charge >= 0.3 is 0 Å². The Morgan fingerprint density at radius 1 is 1.20 bits per heavy atom. The molecule has 0 fully saturated rings. The van der Waals surface area contributed by atoms with Gasteiger partial charge in [0.25, 0.3) is 0 Å². The van der Waals surface area contributed by atoms with E-state index in [-0.39, 0.29) is 5.88 Å². The smallest absolute Gasteiger partial charge is 0.205 e. The lowest BCUT2D eigenvalue weighted by Gasteiger charge is -2.29. The highest BCUT2D eigenvalue weighted by atomic mass is 16.5. The zero-order chi connectivity index (χ0) is 21.1. The normalized spacial score (nSPS) is 17.0. The van der Waals surface area contributed by atoms with Crippen LogP contribution in [0.15, 0.2) is 89.5 Å². The first-order chi connectivity index (χ1) is 14.6. The van der Waals surface area contributed by atoms with Crippen LogP contribution in [0.25, 0.3) is 5.69 Å². The fraction of sp³-hybridized carbons (Fsp3) is 0.136. The highest BCUT2D eigenvalue weighted by Gasteiger charge is 2.34. The van der Waals surface area contributed by atoms with Crippen molar-refractivity contribution >= 4 is 5.71 Å². The first-order valence-electron chi connectivity index (χ1n) is 9.23.